The van der Waals surface area contributed by atoms with Crippen molar-refractivity contribution in [3.05, 3.63) is 29.8 Å². The largest absolute Gasteiger partial charge is 0.508 e. The fraction of sp³-hybridized carbons (Fsp3) is 0.333. The average molecular weight is 188 g/mol. The maximum Gasteiger partial charge on any atom is 0.115 e. The maximum absolute atomic E-state index is 9.09. The molecule has 12 heavy (non-hydrogen) atoms. The Morgan fingerprint density at radius 3 is 2.75 bits per heavy atom. The molecule has 0 saturated heterocycles. The van der Waals surface area contributed by atoms with E-state index in [0.717, 1.165) is 13.0 Å². The average Bonchev–Trinajstić information content (AvgIpc) is 2.01. The van der Waals surface area contributed by atoms with E-state index in [2.05, 4.69) is 5.32 Å². The van der Waals surface area contributed by atoms with E-state index in [9.17, 15) is 0 Å². The third-order valence-electron chi connectivity index (χ3n) is 1.57. The predicted molar refractivity (Wildman–Crippen MR) is 53.0 cm³/mol. The highest BCUT2D eigenvalue weighted by Gasteiger charge is 1.92. The Morgan fingerprint density at radius 2 is 2.17 bits per heavy atom. The smallest absolute Gasteiger partial charge is 0.115 e. The molecular formula is C9H14ClNO. The Balaban J connectivity index is 0.00000121. The highest BCUT2D eigenvalue weighted by Crippen LogP contribution is 2.10. The Hall–Kier alpha value is -0.730. The summed E-state index contributed by atoms with van der Waals surface area (Å²) in [5.41, 5.74) is 1.17. The van der Waals surface area contributed by atoms with E-state index in [1.165, 1.54) is 5.56 Å². The van der Waals surface area contributed by atoms with Crippen LogP contribution in [0.4, 0.5) is 0 Å². The molecule has 0 atom stereocenters. The summed E-state index contributed by atoms with van der Waals surface area (Å²) in [6.07, 6.45) is 0.963. The zero-order chi connectivity index (χ0) is 8.10. The minimum Gasteiger partial charge on any atom is -0.508 e. The summed E-state index contributed by atoms with van der Waals surface area (Å²) in [7, 11) is 1.92. The van der Waals surface area contributed by atoms with E-state index in [0.29, 0.717) is 5.75 Å². The van der Waals surface area contributed by atoms with Gasteiger partial charge in [0.25, 0.3) is 0 Å². The molecule has 0 radical (unpaired) electrons. The van der Waals surface area contributed by atoms with Crippen LogP contribution in [0, 0.1) is 0 Å². The van der Waals surface area contributed by atoms with Crippen LogP contribution >= 0.6 is 12.4 Å². The van der Waals surface area contributed by atoms with E-state index >= 15 is 0 Å². The van der Waals surface area contributed by atoms with Gasteiger partial charge in [0.15, 0.2) is 0 Å². The van der Waals surface area contributed by atoms with Crippen LogP contribution in [0.3, 0.4) is 0 Å². The fourth-order valence-corrected chi connectivity index (χ4v) is 0.981. The first-order valence-corrected chi connectivity index (χ1v) is 3.75. The lowest BCUT2D eigenvalue weighted by Gasteiger charge is -2.00. The lowest BCUT2D eigenvalue weighted by Crippen LogP contribution is -2.09. The summed E-state index contributed by atoms with van der Waals surface area (Å²) in [5.74, 6) is 0.346. The molecule has 0 aromatic heterocycles. The van der Waals surface area contributed by atoms with Crippen LogP contribution < -0.4 is 5.32 Å². The van der Waals surface area contributed by atoms with Crippen LogP contribution in [0.15, 0.2) is 24.3 Å². The quantitative estimate of drug-likeness (QED) is 0.753. The lowest BCUT2D eigenvalue weighted by atomic mass is 10.1. The van der Waals surface area contributed by atoms with Crippen molar-refractivity contribution >= 4 is 12.4 Å². The van der Waals surface area contributed by atoms with Crippen LogP contribution in [0.2, 0.25) is 0 Å². The molecule has 0 saturated carbocycles. The molecule has 2 nitrogen and oxygen atoms in total. The molecule has 3 heteroatoms. The van der Waals surface area contributed by atoms with Gasteiger partial charge >= 0.3 is 0 Å². The summed E-state index contributed by atoms with van der Waals surface area (Å²) < 4.78 is 0. The molecule has 0 heterocycles. The number of aromatic hydroxyl groups is 1. The summed E-state index contributed by atoms with van der Waals surface area (Å²) in [5, 5.41) is 12.1. The molecule has 0 aliphatic rings. The number of phenolic OH excluding ortho intramolecular Hbond substituents is 1. The van der Waals surface area contributed by atoms with E-state index in [1.807, 2.05) is 19.2 Å². The number of phenols is 1. The molecule has 0 unspecified atom stereocenters. The first-order valence-electron chi connectivity index (χ1n) is 3.75. The number of halogens is 1. The highest BCUT2D eigenvalue weighted by atomic mass is 35.5. The highest BCUT2D eigenvalue weighted by molar-refractivity contribution is 5.85. The van der Waals surface area contributed by atoms with Crippen LogP contribution in [-0.4, -0.2) is 18.7 Å². The van der Waals surface area contributed by atoms with Gasteiger partial charge in [-0.3, -0.25) is 0 Å². The summed E-state index contributed by atoms with van der Waals surface area (Å²) in [6.45, 7) is 0.948. The second-order valence-corrected chi connectivity index (χ2v) is 2.52. The van der Waals surface area contributed by atoms with Crippen molar-refractivity contribution in [2.75, 3.05) is 13.6 Å². The SMILES string of the molecule is CNCCc1cccc(O)c1.Cl. The molecule has 0 bridgehead atoms. The van der Waals surface area contributed by atoms with Gasteiger partial charge in [0.05, 0.1) is 0 Å². The Labute approximate surface area is 79.0 Å². The van der Waals surface area contributed by atoms with Crippen molar-refractivity contribution in [1.82, 2.24) is 5.32 Å². The molecule has 0 aliphatic heterocycles. The predicted octanol–water partition coefficient (Wildman–Crippen LogP) is 1.58. The minimum absolute atomic E-state index is 0. The summed E-state index contributed by atoms with van der Waals surface area (Å²) in [4.78, 5) is 0. The molecule has 2 N–H and O–H groups in total. The van der Waals surface area contributed by atoms with E-state index in [-0.39, 0.29) is 12.4 Å². The van der Waals surface area contributed by atoms with Gasteiger partial charge in [-0.15, -0.1) is 12.4 Å². The molecule has 0 amide bonds. The fourth-order valence-electron chi connectivity index (χ4n) is 0.981. The van der Waals surface area contributed by atoms with Crippen molar-refractivity contribution < 1.29 is 5.11 Å². The van der Waals surface area contributed by atoms with Gasteiger partial charge in [0, 0.05) is 0 Å². The minimum atomic E-state index is 0. The number of hydrogen-bond acceptors (Lipinski definition) is 2. The van der Waals surface area contributed by atoms with Gasteiger partial charge in [-0.05, 0) is 37.7 Å². The topological polar surface area (TPSA) is 32.3 Å². The number of rotatable bonds is 3. The summed E-state index contributed by atoms with van der Waals surface area (Å²) in [6, 6.07) is 7.34. The van der Waals surface area contributed by atoms with Gasteiger partial charge in [-0.1, -0.05) is 12.1 Å². The van der Waals surface area contributed by atoms with Crippen LogP contribution in [0.5, 0.6) is 5.75 Å². The third-order valence-corrected chi connectivity index (χ3v) is 1.57. The summed E-state index contributed by atoms with van der Waals surface area (Å²) >= 11 is 0. The van der Waals surface area contributed by atoms with Crippen molar-refractivity contribution in [2.24, 2.45) is 0 Å². The number of hydrogen-bond donors (Lipinski definition) is 2. The van der Waals surface area contributed by atoms with Gasteiger partial charge in [-0.25, -0.2) is 0 Å². The Kier molecular flexibility index (Phi) is 5.51. The Morgan fingerprint density at radius 1 is 1.42 bits per heavy atom. The first kappa shape index (κ1) is 11.3. The van der Waals surface area contributed by atoms with Crippen LogP contribution in [0.1, 0.15) is 5.56 Å². The zero-order valence-corrected chi connectivity index (χ0v) is 7.90. The second-order valence-electron chi connectivity index (χ2n) is 2.52. The molecule has 0 aliphatic carbocycles. The normalized spacial score (nSPS) is 9.08. The van der Waals surface area contributed by atoms with E-state index in [1.54, 1.807) is 12.1 Å². The third kappa shape index (κ3) is 3.60. The monoisotopic (exact) mass is 187 g/mol. The maximum atomic E-state index is 9.09. The first-order chi connectivity index (χ1) is 5.33. The number of likely N-dealkylation sites (N-methyl/N-ethyl adjacent to an activating group) is 1. The molecule has 0 spiro atoms. The van der Waals surface area contributed by atoms with Gasteiger partial charge in [-0.2, -0.15) is 0 Å². The number of nitrogens with one attached hydrogen (secondary N) is 1. The van der Waals surface area contributed by atoms with Crippen LogP contribution in [-0.2, 0) is 6.42 Å². The van der Waals surface area contributed by atoms with Gasteiger partial charge in [0.1, 0.15) is 5.75 Å². The number of benzene rings is 1. The standard InChI is InChI=1S/C9H13NO.ClH/c1-10-6-5-8-3-2-4-9(11)7-8;/h2-4,7,10-11H,5-6H2,1H3;1H. The molecule has 1 rings (SSSR count). The van der Waals surface area contributed by atoms with Crippen LogP contribution in [0.25, 0.3) is 0 Å². The second kappa shape index (κ2) is 5.86. The molecule has 1 aromatic carbocycles. The van der Waals surface area contributed by atoms with Crippen molar-refractivity contribution in [2.45, 2.75) is 6.42 Å². The zero-order valence-electron chi connectivity index (χ0n) is 7.08. The molecule has 1 aromatic rings. The molecular weight excluding hydrogens is 174 g/mol. The molecule has 0 fully saturated rings. The van der Waals surface area contributed by atoms with E-state index < -0.39 is 0 Å². The van der Waals surface area contributed by atoms with E-state index in [4.69, 9.17) is 5.11 Å². The van der Waals surface area contributed by atoms with Crippen molar-refractivity contribution in [3.63, 3.8) is 0 Å². The van der Waals surface area contributed by atoms with Crippen molar-refractivity contribution in [1.29, 1.82) is 0 Å². The lowest BCUT2D eigenvalue weighted by molar-refractivity contribution is 0.474. The Bertz CT molecular complexity index is 228. The molecule has 68 valence electrons. The van der Waals surface area contributed by atoms with Gasteiger partial charge < -0.3 is 10.4 Å². The van der Waals surface area contributed by atoms with Gasteiger partial charge in [0.2, 0.25) is 0 Å². The van der Waals surface area contributed by atoms with Crippen molar-refractivity contribution in [3.8, 4) is 5.75 Å².